The zero-order valence-corrected chi connectivity index (χ0v) is 12.3. The number of hydrogen-bond acceptors (Lipinski definition) is 5. The molecule has 2 heterocycles. The van der Waals surface area contributed by atoms with Crippen molar-refractivity contribution in [1.82, 2.24) is 15.5 Å². The Bertz CT molecular complexity index is 409. The lowest BCUT2D eigenvalue weighted by Gasteiger charge is -2.26. The van der Waals surface area contributed by atoms with Gasteiger partial charge in [0.1, 0.15) is 6.10 Å². The molecule has 1 aliphatic carbocycles. The van der Waals surface area contributed by atoms with Gasteiger partial charge in [-0.2, -0.15) is 4.98 Å². The van der Waals surface area contributed by atoms with Crippen LogP contribution in [0.2, 0.25) is 0 Å². The zero-order valence-electron chi connectivity index (χ0n) is 12.3. The van der Waals surface area contributed by atoms with Crippen LogP contribution in [0.1, 0.15) is 62.8 Å². The van der Waals surface area contributed by atoms with Gasteiger partial charge >= 0.3 is 0 Å². The lowest BCUT2D eigenvalue weighted by Crippen LogP contribution is -2.24. The number of rotatable bonds is 5. The van der Waals surface area contributed by atoms with Crippen LogP contribution in [-0.4, -0.2) is 29.8 Å². The largest absolute Gasteiger partial charge is 0.373 e. The number of nitrogens with one attached hydrogen (secondary N) is 1. The molecule has 0 aromatic carbocycles. The highest BCUT2D eigenvalue weighted by Gasteiger charge is 2.29. The van der Waals surface area contributed by atoms with E-state index in [2.05, 4.69) is 15.5 Å². The fraction of sp³-hybridized carbons (Fsp3) is 0.867. The van der Waals surface area contributed by atoms with Crippen LogP contribution in [0.5, 0.6) is 0 Å². The molecule has 20 heavy (non-hydrogen) atoms. The average Bonchev–Trinajstić information content (AvgIpc) is 3.14. The van der Waals surface area contributed by atoms with Crippen LogP contribution in [0.3, 0.4) is 0 Å². The van der Waals surface area contributed by atoms with E-state index in [-0.39, 0.29) is 6.10 Å². The first-order valence-electron chi connectivity index (χ1n) is 7.95. The molecule has 1 aromatic heterocycles. The van der Waals surface area contributed by atoms with Crippen LogP contribution in [0.25, 0.3) is 0 Å². The monoisotopic (exact) mass is 279 g/mol. The van der Waals surface area contributed by atoms with Crippen molar-refractivity contribution in [3.63, 3.8) is 0 Å². The van der Waals surface area contributed by atoms with Crippen LogP contribution in [0, 0.1) is 5.92 Å². The van der Waals surface area contributed by atoms with Gasteiger partial charge in [0.15, 0.2) is 0 Å². The number of nitrogens with zero attached hydrogens (tertiary/aromatic N) is 2. The van der Waals surface area contributed by atoms with E-state index in [1.165, 1.54) is 44.9 Å². The van der Waals surface area contributed by atoms with Crippen molar-refractivity contribution in [1.29, 1.82) is 0 Å². The normalized spacial score (nSPS) is 25.9. The van der Waals surface area contributed by atoms with Gasteiger partial charge in [-0.15, -0.1) is 0 Å². The predicted molar refractivity (Wildman–Crippen MR) is 75.4 cm³/mol. The van der Waals surface area contributed by atoms with Gasteiger partial charge in [0.05, 0.1) is 0 Å². The molecule has 0 bridgehead atoms. The lowest BCUT2D eigenvalue weighted by atomic mass is 9.85. The number of aromatic nitrogens is 2. The fourth-order valence-electron chi connectivity index (χ4n) is 3.55. The van der Waals surface area contributed by atoms with E-state index >= 15 is 0 Å². The second-order valence-electron chi connectivity index (χ2n) is 6.10. The zero-order chi connectivity index (χ0) is 13.8. The van der Waals surface area contributed by atoms with E-state index < -0.39 is 0 Å². The van der Waals surface area contributed by atoms with Crippen molar-refractivity contribution in [2.45, 2.75) is 63.5 Å². The van der Waals surface area contributed by atoms with Crippen LogP contribution in [-0.2, 0) is 11.2 Å². The minimum atomic E-state index is 0.00402. The molecule has 1 saturated heterocycles. The van der Waals surface area contributed by atoms with Gasteiger partial charge in [-0.3, -0.25) is 0 Å². The summed E-state index contributed by atoms with van der Waals surface area (Å²) in [5.41, 5.74) is 0. The summed E-state index contributed by atoms with van der Waals surface area (Å²) in [5, 5.41) is 7.63. The van der Waals surface area contributed by atoms with E-state index in [9.17, 15) is 0 Å². The Balaban J connectivity index is 1.63. The molecule has 1 aliphatic heterocycles. The summed E-state index contributed by atoms with van der Waals surface area (Å²) in [7, 11) is 1.76. The Labute approximate surface area is 120 Å². The molecule has 1 saturated carbocycles. The van der Waals surface area contributed by atoms with Gasteiger partial charge in [0.2, 0.25) is 11.7 Å². The molecule has 0 radical (unpaired) electrons. The number of ether oxygens (including phenoxy) is 1. The van der Waals surface area contributed by atoms with Crippen molar-refractivity contribution >= 4 is 0 Å². The average molecular weight is 279 g/mol. The predicted octanol–water partition coefficient (Wildman–Crippen LogP) is 2.63. The summed E-state index contributed by atoms with van der Waals surface area (Å²) in [6, 6.07) is 0.499. The maximum absolute atomic E-state index is 5.66. The van der Waals surface area contributed by atoms with Crippen LogP contribution < -0.4 is 5.32 Å². The summed E-state index contributed by atoms with van der Waals surface area (Å²) >= 11 is 0. The van der Waals surface area contributed by atoms with Gasteiger partial charge in [-0.1, -0.05) is 24.4 Å². The molecule has 1 N–H and O–H groups in total. The van der Waals surface area contributed by atoms with Gasteiger partial charge in [-0.05, 0) is 38.1 Å². The van der Waals surface area contributed by atoms with Crippen molar-refractivity contribution in [2.24, 2.45) is 5.92 Å². The lowest BCUT2D eigenvalue weighted by molar-refractivity contribution is 0.0273. The van der Waals surface area contributed by atoms with Crippen molar-refractivity contribution in [2.75, 3.05) is 13.7 Å². The van der Waals surface area contributed by atoms with Crippen molar-refractivity contribution in [3.05, 3.63) is 11.7 Å². The molecule has 0 spiro atoms. The number of hydrogen-bond donors (Lipinski definition) is 1. The first-order valence-corrected chi connectivity index (χ1v) is 7.95. The van der Waals surface area contributed by atoms with E-state index in [0.29, 0.717) is 12.0 Å². The van der Waals surface area contributed by atoms with Gasteiger partial charge in [0, 0.05) is 19.6 Å². The molecule has 5 heteroatoms. The second-order valence-corrected chi connectivity index (χ2v) is 6.10. The van der Waals surface area contributed by atoms with E-state index in [1.807, 2.05) is 0 Å². The fourth-order valence-corrected chi connectivity index (χ4v) is 3.55. The Morgan fingerprint density at radius 2 is 2.10 bits per heavy atom. The first kappa shape index (κ1) is 14.0. The highest BCUT2D eigenvalue weighted by molar-refractivity contribution is 4.97. The summed E-state index contributed by atoms with van der Waals surface area (Å²) in [5.74, 6) is 2.04. The smallest absolute Gasteiger partial charge is 0.228 e. The maximum Gasteiger partial charge on any atom is 0.228 e. The molecule has 0 amide bonds. The van der Waals surface area contributed by atoms with Gasteiger partial charge in [-0.25, -0.2) is 0 Å². The van der Waals surface area contributed by atoms with Gasteiger partial charge < -0.3 is 14.6 Å². The summed E-state index contributed by atoms with van der Waals surface area (Å²) in [6.07, 6.45) is 9.65. The first-order chi connectivity index (χ1) is 9.86. The minimum Gasteiger partial charge on any atom is -0.373 e. The van der Waals surface area contributed by atoms with Crippen LogP contribution >= 0.6 is 0 Å². The summed E-state index contributed by atoms with van der Waals surface area (Å²) in [6.45, 7) is 1.11. The van der Waals surface area contributed by atoms with E-state index in [0.717, 1.165) is 24.7 Å². The molecule has 2 fully saturated rings. The molecular formula is C15H25N3O2. The van der Waals surface area contributed by atoms with E-state index in [1.54, 1.807) is 7.11 Å². The number of methoxy groups -OCH3 is 1. The van der Waals surface area contributed by atoms with Crippen LogP contribution in [0.4, 0.5) is 0 Å². The summed E-state index contributed by atoms with van der Waals surface area (Å²) < 4.78 is 11.1. The highest BCUT2D eigenvalue weighted by Crippen LogP contribution is 2.35. The molecule has 2 unspecified atom stereocenters. The van der Waals surface area contributed by atoms with Crippen molar-refractivity contribution in [3.8, 4) is 0 Å². The standard InChI is InChI=1S/C15H25N3O2/c1-19-14(11-6-3-2-4-7-11)15-17-13(20-18-15)10-12-8-5-9-16-12/h11-12,14,16H,2-10H2,1H3. The highest BCUT2D eigenvalue weighted by atomic mass is 16.5. The third-order valence-corrected chi connectivity index (χ3v) is 4.65. The second kappa shape index (κ2) is 6.68. The quantitative estimate of drug-likeness (QED) is 0.898. The third-order valence-electron chi connectivity index (χ3n) is 4.65. The molecule has 3 rings (SSSR count). The van der Waals surface area contributed by atoms with Crippen LogP contribution in [0.15, 0.2) is 4.52 Å². The molecule has 5 nitrogen and oxygen atoms in total. The minimum absolute atomic E-state index is 0.00402. The van der Waals surface area contributed by atoms with Gasteiger partial charge in [0.25, 0.3) is 0 Å². The molecule has 1 aromatic rings. The van der Waals surface area contributed by atoms with Crippen molar-refractivity contribution < 1.29 is 9.26 Å². The van der Waals surface area contributed by atoms with E-state index in [4.69, 9.17) is 9.26 Å². The Kier molecular flexibility index (Phi) is 4.68. The topological polar surface area (TPSA) is 60.2 Å². The molecule has 2 aliphatic rings. The Morgan fingerprint density at radius 3 is 2.80 bits per heavy atom. The Morgan fingerprint density at radius 1 is 1.25 bits per heavy atom. The molecular weight excluding hydrogens is 254 g/mol. The summed E-state index contributed by atoms with van der Waals surface area (Å²) in [4.78, 5) is 4.58. The maximum atomic E-state index is 5.66. The third kappa shape index (κ3) is 3.20. The molecule has 2 atom stereocenters. The SMILES string of the molecule is COC(c1noc(CC2CCCN2)n1)C1CCCCC1. The Hall–Kier alpha value is -0.940. The molecule has 112 valence electrons.